The molecule has 0 aliphatic carbocycles. The van der Waals surface area contributed by atoms with Gasteiger partial charge >= 0.3 is 0 Å². The zero-order chi connectivity index (χ0) is 19.0. The predicted molar refractivity (Wildman–Crippen MR) is 106 cm³/mol. The first-order chi connectivity index (χ1) is 13.0. The third-order valence-electron chi connectivity index (χ3n) is 4.96. The molecule has 6 heteroatoms. The fourth-order valence-corrected chi connectivity index (χ4v) is 3.71. The van der Waals surface area contributed by atoms with E-state index in [1.54, 1.807) is 6.07 Å². The summed E-state index contributed by atoms with van der Waals surface area (Å²) in [6, 6.07) is 10.3. The molecule has 0 spiro atoms. The molecule has 1 aliphatic rings. The molecular formula is C21H23FN4O. The number of nitrogens with two attached hydrogens (primary N) is 1. The van der Waals surface area contributed by atoms with E-state index in [1.807, 2.05) is 32.0 Å². The van der Waals surface area contributed by atoms with Crippen molar-refractivity contribution in [2.45, 2.75) is 26.4 Å². The van der Waals surface area contributed by atoms with Crippen molar-refractivity contribution in [3.8, 4) is 11.1 Å². The second kappa shape index (κ2) is 7.12. The molecule has 1 fully saturated rings. The predicted octanol–water partition coefficient (Wildman–Crippen LogP) is 3.94. The van der Waals surface area contributed by atoms with E-state index in [0.29, 0.717) is 17.1 Å². The van der Waals surface area contributed by atoms with E-state index in [1.165, 1.54) is 12.1 Å². The van der Waals surface area contributed by atoms with Crippen LogP contribution in [-0.4, -0.2) is 35.8 Å². The lowest BCUT2D eigenvalue weighted by Gasteiger charge is -2.20. The Hall–Kier alpha value is -2.73. The van der Waals surface area contributed by atoms with Gasteiger partial charge in [0.2, 0.25) is 0 Å². The Balaban J connectivity index is 1.76. The fourth-order valence-electron chi connectivity index (χ4n) is 3.71. The standard InChI is InChI=1S/C21H23FN4O/c1-3-27-16-8-9-26(12-16)21-17-6-4-14(10-20(17)24-13(2)25-21)18-11-15(22)5-7-19(18)23/h4-7,10-11,16H,3,8-9,12,23H2,1-2H3/t16-/m0/s1. The highest BCUT2D eigenvalue weighted by atomic mass is 19.1. The Morgan fingerprint density at radius 2 is 2.07 bits per heavy atom. The van der Waals surface area contributed by atoms with Crippen LogP contribution in [-0.2, 0) is 4.74 Å². The van der Waals surface area contributed by atoms with Gasteiger partial charge in [-0.05, 0) is 56.2 Å². The maximum absolute atomic E-state index is 13.7. The van der Waals surface area contributed by atoms with Crippen molar-refractivity contribution in [3.05, 3.63) is 48.0 Å². The number of rotatable bonds is 4. The third kappa shape index (κ3) is 3.45. The summed E-state index contributed by atoms with van der Waals surface area (Å²) in [4.78, 5) is 11.5. The van der Waals surface area contributed by atoms with Crippen molar-refractivity contribution in [1.82, 2.24) is 9.97 Å². The van der Waals surface area contributed by atoms with E-state index < -0.39 is 0 Å². The molecule has 4 rings (SSSR count). The third-order valence-corrected chi connectivity index (χ3v) is 4.96. The van der Waals surface area contributed by atoms with Gasteiger partial charge in [-0.25, -0.2) is 14.4 Å². The fraction of sp³-hybridized carbons (Fsp3) is 0.333. The number of halogens is 1. The van der Waals surface area contributed by atoms with Gasteiger partial charge in [0.05, 0.1) is 11.6 Å². The van der Waals surface area contributed by atoms with Crippen LogP contribution in [0.25, 0.3) is 22.0 Å². The van der Waals surface area contributed by atoms with Gasteiger partial charge in [-0.15, -0.1) is 0 Å². The zero-order valence-electron chi connectivity index (χ0n) is 15.6. The van der Waals surface area contributed by atoms with Crippen LogP contribution in [0.15, 0.2) is 36.4 Å². The largest absolute Gasteiger partial charge is 0.398 e. The van der Waals surface area contributed by atoms with Crippen LogP contribution in [0.2, 0.25) is 0 Å². The second-order valence-electron chi connectivity index (χ2n) is 6.87. The normalized spacial score (nSPS) is 17.0. The molecule has 2 aromatic carbocycles. The molecule has 1 aromatic heterocycles. The number of ether oxygens (including phenoxy) is 1. The number of nitrogen functional groups attached to an aromatic ring is 1. The first kappa shape index (κ1) is 17.7. The van der Waals surface area contributed by atoms with Crippen molar-refractivity contribution >= 4 is 22.4 Å². The van der Waals surface area contributed by atoms with Crippen molar-refractivity contribution in [3.63, 3.8) is 0 Å². The average Bonchev–Trinajstić information content (AvgIpc) is 3.11. The first-order valence-corrected chi connectivity index (χ1v) is 9.25. The summed E-state index contributed by atoms with van der Waals surface area (Å²) < 4.78 is 19.4. The molecule has 2 heterocycles. The van der Waals surface area contributed by atoms with Gasteiger partial charge in [0.25, 0.3) is 0 Å². The van der Waals surface area contributed by atoms with Crippen molar-refractivity contribution in [2.24, 2.45) is 0 Å². The Bertz CT molecular complexity index is 991. The summed E-state index contributed by atoms with van der Waals surface area (Å²) in [7, 11) is 0. The smallest absolute Gasteiger partial charge is 0.140 e. The second-order valence-corrected chi connectivity index (χ2v) is 6.87. The lowest BCUT2D eigenvalue weighted by atomic mass is 10.0. The van der Waals surface area contributed by atoms with E-state index in [9.17, 15) is 4.39 Å². The van der Waals surface area contributed by atoms with E-state index in [0.717, 1.165) is 48.4 Å². The van der Waals surface area contributed by atoms with Gasteiger partial charge in [0, 0.05) is 36.3 Å². The van der Waals surface area contributed by atoms with Gasteiger partial charge in [-0.2, -0.15) is 0 Å². The Kier molecular flexibility index (Phi) is 4.66. The molecule has 1 atom stereocenters. The highest BCUT2D eigenvalue weighted by Gasteiger charge is 2.25. The lowest BCUT2D eigenvalue weighted by molar-refractivity contribution is 0.0787. The number of hydrogen-bond acceptors (Lipinski definition) is 5. The summed E-state index contributed by atoms with van der Waals surface area (Å²) in [6.45, 7) is 6.38. The van der Waals surface area contributed by atoms with Crippen LogP contribution in [0.3, 0.4) is 0 Å². The van der Waals surface area contributed by atoms with Gasteiger partial charge in [-0.3, -0.25) is 0 Å². The molecule has 2 N–H and O–H groups in total. The van der Waals surface area contributed by atoms with Gasteiger partial charge in [0.1, 0.15) is 17.5 Å². The number of hydrogen-bond donors (Lipinski definition) is 1. The quantitative estimate of drug-likeness (QED) is 0.709. The van der Waals surface area contributed by atoms with Crippen LogP contribution in [0, 0.1) is 12.7 Å². The number of anilines is 2. The topological polar surface area (TPSA) is 64.3 Å². The summed E-state index contributed by atoms with van der Waals surface area (Å²) >= 11 is 0. The van der Waals surface area contributed by atoms with Crippen molar-refractivity contribution < 1.29 is 9.13 Å². The van der Waals surface area contributed by atoms with Crippen LogP contribution in [0.5, 0.6) is 0 Å². The summed E-state index contributed by atoms with van der Waals surface area (Å²) in [5.74, 6) is 1.33. The first-order valence-electron chi connectivity index (χ1n) is 9.25. The SMILES string of the molecule is CCO[C@H]1CCN(c2nc(C)nc3cc(-c4cc(F)ccc4N)ccc23)C1. The van der Waals surface area contributed by atoms with Gasteiger partial charge in [-0.1, -0.05) is 6.07 Å². The zero-order valence-corrected chi connectivity index (χ0v) is 15.6. The van der Waals surface area contributed by atoms with E-state index >= 15 is 0 Å². The van der Waals surface area contributed by atoms with Crippen molar-refractivity contribution in [1.29, 1.82) is 0 Å². The molecule has 0 unspecified atom stereocenters. The molecule has 0 radical (unpaired) electrons. The van der Waals surface area contributed by atoms with Gasteiger partial charge < -0.3 is 15.4 Å². The molecule has 140 valence electrons. The van der Waals surface area contributed by atoms with Gasteiger partial charge in [0.15, 0.2) is 0 Å². The van der Waals surface area contributed by atoms with Crippen molar-refractivity contribution in [2.75, 3.05) is 30.3 Å². The number of aromatic nitrogens is 2. The molecule has 3 aromatic rings. The number of aryl methyl sites for hydroxylation is 1. The monoisotopic (exact) mass is 366 g/mol. The summed E-state index contributed by atoms with van der Waals surface area (Å²) in [5, 5.41) is 0.983. The maximum Gasteiger partial charge on any atom is 0.140 e. The minimum Gasteiger partial charge on any atom is -0.398 e. The van der Waals surface area contributed by atoms with Crippen LogP contribution in [0.4, 0.5) is 15.9 Å². The average molecular weight is 366 g/mol. The highest BCUT2D eigenvalue weighted by molar-refractivity contribution is 5.93. The van der Waals surface area contributed by atoms with E-state index in [4.69, 9.17) is 10.5 Å². The van der Waals surface area contributed by atoms with Crippen LogP contribution >= 0.6 is 0 Å². The van der Waals surface area contributed by atoms with E-state index in [-0.39, 0.29) is 11.9 Å². The molecular weight excluding hydrogens is 343 g/mol. The Morgan fingerprint density at radius 3 is 2.89 bits per heavy atom. The molecule has 0 amide bonds. The highest BCUT2D eigenvalue weighted by Crippen LogP contribution is 2.33. The Labute approximate surface area is 158 Å². The molecule has 0 saturated carbocycles. The van der Waals surface area contributed by atoms with Crippen LogP contribution in [0.1, 0.15) is 19.2 Å². The number of fused-ring (bicyclic) bond motifs is 1. The molecule has 0 bridgehead atoms. The van der Waals surface area contributed by atoms with Crippen LogP contribution < -0.4 is 10.6 Å². The maximum atomic E-state index is 13.7. The molecule has 5 nitrogen and oxygen atoms in total. The minimum atomic E-state index is -0.308. The summed E-state index contributed by atoms with van der Waals surface area (Å²) in [6.07, 6.45) is 1.24. The summed E-state index contributed by atoms with van der Waals surface area (Å²) in [5.41, 5.74) is 8.94. The number of benzene rings is 2. The lowest BCUT2D eigenvalue weighted by Crippen LogP contribution is -2.24. The van der Waals surface area contributed by atoms with E-state index in [2.05, 4.69) is 14.9 Å². The molecule has 1 saturated heterocycles. The molecule has 1 aliphatic heterocycles. The number of nitrogens with zero attached hydrogens (tertiary/aromatic N) is 3. The minimum absolute atomic E-state index is 0.242. The Morgan fingerprint density at radius 1 is 1.22 bits per heavy atom. The molecule has 27 heavy (non-hydrogen) atoms.